The number of allylic oxidation sites excluding steroid dienone is 7. The molecule has 0 aromatic heterocycles. The number of nitrogens with zero attached hydrogens (tertiary/aromatic N) is 1. The van der Waals surface area contributed by atoms with E-state index in [0.717, 1.165) is 77.0 Å². The molecule has 10 heteroatoms. The van der Waals surface area contributed by atoms with E-state index >= 15 is 0 Å². The molecule has 61 heavy (non-hydrogen) atoms. The van der Waals surface area contributed by atoms with E-state index < -0.39 is 20.0 Å². The molecule has 0 fully saturated rings. The van der Waals surface area contributed by atoms with Crippen molar-refractivity contribution >= 4 is 19.7 Å². The first-order valence-electron chi connectivity index (χ1n) is 25.0. The molecule has 356 valence electrons. The lowest BCUT2D eigenvalue weighted by molar-refractivity contribution is -0.870. The Morgan fingerprint density at radius 3 is 1.57 bits per heavy atom. The smallest absolute Gasteiger partial charge is 0.456 e. The van der Waals surface area contributed by atoms with Crippen LogP contribution in [0.3, 0.4) is 0 Å². The van der Waals surface area contributed by atoms with Crippen LogP contribution in [0.25, 0.3) is 0 Å². The zero-order chi connectivity index (χ0) is 45.1. The van der Waals surface area contributed by atoms with Crippen LogP contribution in [0, 0.1) is 0 Å². The minimum Gasteiger partial charge on any atom is -0.456 e. The first-order chi connectivity index (χ1) is 29.4. The van der Waals surface area contributed by atoms with Crippen molar-refractivity contribution in [3.05, 3.63) is 48.6 Å². The van der Waals surface area contributed by atoms with E-state index in [2.05, 4.69) is 56.5 Å². The third kappa shape index (κ3) is 43.0. The molecule has 9 nitrogen and oxygen atoms in total. The molecular weight excluding hydrogens is 784 g/mol. The fraction of sp³-hybridized carbons (Fsp3) is 0.804. The number of carbonyl (C=O) groups is 2. The number of amides is 1. The number of ether oxygens (including phenoxy) is 1. The van der Waals surface area contributed by atoms with Gasteiger partial charge in [-0.2, -0.15) is 0 Å². The molecule has 0 radical (unpaired) electrons. The van der Waals surface area contributed by atoms with Crippen LogP contribution in [-0.4, -0.2) is 74.3 Å². The van der Waals surface area contributed by atoms with Gasteiger partial charge in [-0.1, -0.05) is 179 Å². The summed E-state index contributed by atoms with van der Waals surface area (Å²) in [7, 11) is 1.46. The van der Waals surface area contributed by atoms with Crippen molar-refractivity contribution in [2.24, 2.45) is 0 Å². The highest BCUT2D eigenvalue weighted by molar-refractivity contribution is 7.47. The average molecular weight is 880 g/mol. The van der Waals surface area contributed by atoms with Gasteiger partial charge in [-0.05, 0) is 70.3 Å². The summed E-state index contributed by atoms with van der Waals surface area (Å²) in [5, 5.41) is 2.98. The molecule has 0 aliphatic carbocycles. The van der Waals surface area contributed by atoms with Gasteiger partial charge in [0.2, 0.25) is 5.91 Å². The molecular formula is C51H96N2O7P+. The van der Waals surface area contributed by atoms with Gasteiger partial charge in [-0.15, -0.1) is 0 Å². The van der Waals surface area contributed by atoms with Crippen molar-refractivity contribution in [3.8, 4) is 0 Å². The second-order valence-electron chi connectivity index (χ2n) is 18.0. The van der Waals surface area contributed by atoms with Crippen LogP contribution in [0.15, 0.2) is 48.6 Å². The van der Waals surface area contributed by atoms with Crippen LogP contribution in [0.2, 0.25) is 0 Å². The molecule has 0 rings (SSSR count). The van der Waals surface area contributed by atoms with Crippen molar-refractivity contribution in [2.75, 3.05) is 40.9 Å². The van der Waals surface area contributed by atoms with Crippen LogP contribution in [0.5, 0.6) is 0 Å². The number of esters is 1. The van der Waals surface area contributed by atoms with Gasteiger partial charge in [0.15, 0.2) is 0 Å². The normalized spacial score (nSPS) is 14.4. The summed E-state index contributed by atoms with van der Waals surface area (Å²) in [5.41, 5.74) is 0. The Bertz CT molecular complexity index is 1200. The SMILES string of the molecule is CCCC/C=C\CCCCCCCC(=O)OC(/C=C/CCCCCCCCCCC)C(COP(=O)(O)OCC[N+](C)(C)C)NC(=O)CC/C=C/C/C=C\CCCCCCCC. The molecule has 0 heterocycles. The summed E-state index contributed by atoms with van der Waals surface area (Å²) in [6.45, 7) is 6.88. The number of carbonyl (C=O) groups excluding carboxylic acids is 2. The Morgan fingerprint density at radius 1 is 0.574 bits per heavy atom. The van der Waals surface area contributed by atoms with E-state index in [1.807, 2.05) is 39.4 Å². The summed E-state index contributed by atoms with van der Waals surface area (Å²) in [6, 6.07) is -0.877. The van der Waals surface area contributed by atoms with Crippen molar-refractivity contribution in [1.82, 2.24) is 5.32 Å². The fourth-order valence-electron chi connectivity index (χ4n) is 6.79. The lowest BCUT2D eigenvalue weighted by Crippen LogP contribution is -2.47. The maximum Gasteiger partial charge on any atom is 0.472 e. The number of nitrogens with one attached hydrogen (secondary N) is 1. The van der Waals surface area contributed by atoms with Crippen LogP contribution in [0.4, 0.5) is 0 Å². The van der Waals surface area contributed by atoms with E-state index in [0.29, 0.717) is 17.4 Å². The zero-order valence-corrected chi connectivity index (χ0v) is 41.3. The molecule has 0 aromatic carbocycles. The molecule has 0 aliphatic rings. The van der Waals surface area contributed by atoms with Gasteiger partial charge in [0.05, 0.1) is 33.8 Å². The van der Waals surface area contributed by atoms with Gasteiger partial charge in [0, 0.05) is 12.8 Å². The number of quaternary nitrogens is 1. The summed E-state index contributed by atoms with van der Waals surface area (Å²) >= 11 is 0. The maximum atomic E-state index is 13.3. The molecule has 0 spiro atoms. The minimum absolute atomic E-state index is 0.0294. The predicted octanol–water partition coefficient (Wildman–Crippen LogP) is 14.2. The molecule has 0 saturated heterocycles. The first kappa shape index (κ1) is 59.0. The van der Waals surface area contributed by atoms with Crippen molar-refractivity contribution in [3.63, 3.8) is 0 Å². The Kier molecular flexibility index (Phi) is 40.6. The topological polar surface area (TPSA) is 111 Å². The van der Waals surface area contributed by atoms with E-state index in [4.69, 9.17) is 13.8 Å². The standard InChI is InChI=1S/C51H95N2O7P/c1-7-10-13-16-19-22-25-26-29-31-34-37-40-43-50(54)52-48(47-59-61(56,57)58-46-45-53(4,5)6)49(42-39-36-33-30-27-23-20-17-14-11-8-2)60-51(55)44-41-38-35-32-28-24-21-18-15-12-9-3/h18,21,26,29,34,37,39,42,48-49H,7-17,19-20,22-25,27-28,30-33,35-36,38,40-41,43-47H2,1-6H3,(H-,52,54,56,57)/p+1/b21-18-,29-26-,37-34+,42-39+. The van der Waals surface area contributed by atoms with E-state index in [9.17, 15) is 19.0 Å². The summed E-state index contributed by atoms with van der Waals surface area (Å²) < 4.78 is 30.4. The van der Waals surface area contributed by atoms with Gasteiger partial charge in [0.25, 0.3) is 0 Å². The summed E-state index contributed by atoms with van der Waals surface area (Å²) in [6.07, 6.45) is 48.4. The molecule has 0 bridgehead atoms. The Balaban J connectivity index is 5.55. The number of unbranched alkanes of at least 4 members (excludes halogenated alkanes) is 22. The molecule has 1 amide bonds. The van der Waals surface area contributed by atoms with Gasteiger partial charge < -0.3 is 19.4 Å². The van der Waals surface area contributed by atoms with E-state index in [1.165, 1.54) is 96.3 Å². The number of phosphoric acid groups is 1. The number of rotatable bonds is 44. The lowest BCUT2D eigenvalue weighted by Gasteiger charge is -2.27. The number of likely N-dealkylation sites (N-methyl/N-ethyl adjacent to an activating group) is 1. The Labute approximate surface area is 376 Å². The summed E-state index contributed by atoms with van der Waals surface area (Å²) in [4.78, 5) is 37.2. The maximum absolute atomic E-state index is 13.3. The van der Waals surface area contributed by atoms with Crippen molar-refractivity contribution in [2.45, 2.75) is 226 Å². The molecule has 0 saturated carbocycles. The second-order valence-corrected chi connectivity index (χ2v) is 19.4. The lowest BCUT2D eigenvalue weighted by atomic mass is 10.1. The Hall–Kier alpha value is -2.03. The molecule has 3 atom stereocenters. The van der Waals surface area contributed by atoms with Crippen molar-refractivity contribution < 1.29 is 37.3 Å². The van der Waals surface area contributed by atoms with Crippen LogP contribution in [-0.2, 0) is 27.9 Å². The quantitative estimate of drug-likeness (QED) is 0.0206. The fourth-order valence-corrected chi connectivity index (χ4v) is 7.53. The van der Waals surface area contributed by atoms with Crippen LogP contribution >= 0.6 is 7.82 Å². The van der Waals surface area contributed by atoms with Crippen LogP contribution < -0.4 is 5.32 Å². The highest BCUT2D eigenvalue weighted by atomic mass is 31.2. The van der Waals surface area contributed by atoms with Crippen LogP contribution in [0.1, 0.15) is 213 Å². The summed E-state index contributed by atoms with van der Waals surface area (Å²) in [5.74, 6) is -0.598. The molecule has 2 N–H and O–H groups in total. The third-order valence-electron chi connectivity index (χ3n) is 10.8. The van der Waals surface area contributed by atoms with Gasteiger partial charge in [0.1, 0.15) is 19.3 Å². The van der Waals surface area contributed by atoms with E-state index in [-0.39, 0.29) is 37.9 Å². The predicted molar refractivity (Wildman–Crippen MR) is 259 cm³/mol. The zero-order valence-electron chi connectivity index (χ0n) is 40.4. The molecule has 0 aliphatic heterocycles. The highest BCUT2D eigenvalue weighted by Crippen LogP contribution is 2.43. The van der Waals surface area contributed by atoms with E-state index in [1.54, 1.807) is 0 Å². The second kappa shape index (κ2) is 42.0. The monoisotopic (exact) mass is 880 g/mol. The largest absolute Gasteiger partial charge is 0.472 e. The average Bonchev–Trinajstić information content (AvgIpc) is 3.21. The minimum atomic E-state index is -4.45. The highest BCUT2D eigenvalue weighted by Gasteiger charge is 2.30. The molecule has 3 unspecified atom stereocenters. The first-order valence-corrected chi connectivity index (χ1v) is 26.5. The van der Waals surface area contributed by atoms with Gasteiger partial charge in [-0.3, -0.25) is 18.6 Å². The Morgan fingerprint density at radius 2 is 1.03 bits per heavy atom. The van der Waals surface area contributed by atoms with Gasteiger partial charge in [-0.25, -0.2) is 4.57 Å². The third-order valence-corrected chi connectivity index (χ3v) is 11.7. The number of hydrogen-bond donors (Lipinski definition) is 2. The van der Waals surface area contributed by atoms with Crippen molar-refractivity contribution in [1.29, 1.82) is 0 Å². The molecule has 0 aromatic rings. The number of hydrogen-bond acceptors (Lipinski definition) is 6. The number of phosphoric ester groups is 1. The van der Waals surface area contributed by atoms with Gasteiger partial charge >= 0.3 is 13.8 Å².